The van der Waals surface area contributed by atoms with E-state index in [-0.39, 0.29) is 24.4 Å². The predicted octanol–water partition coefficient (Wildman–Crippen LogP) is 4.15. The number of benzene rings is 2. The van der Waals surface area contributed by atoms with Crippen LogP contribution in [0.25, 0.3) is 0 Å². The summed E-state index contributed by atoms with van der Waals surface area (Å²) in [6, 6.07) is 11.9. The Morgan fingerprint density at radius 3 is 2.53 bits per heavy atom. The average Bonchev–Trinajstić information content (AvgIpc) is 2.76. The smallest absolute Gasteiger partial charge is 0.348 e. The van der Waals surface area contributed by atoms with Gasteiger partial charge in [0.05, 0.1) is 5.56 Å². The third-order valence-corrected chi connectivity index (χ3v) is 5.28. The van der Waals surface area contributed by atoms with Crippen molar-refractivity contribution >= 4 is 11.9 Å². The second-order valence-electron chi connectivity index (χ2n) is 7.34. The monoisotopic (exact) mass is 419 g/mol. The summed E-state index contributed by atoms with van der Waals surface area (Å²) < 4.78 is 37.9. The Kier molecular flexibility index (Phi) is 6.64. The zero-order valence-corrected chi connectivity index (χ0v) is 16.6. The van der Waals surface area contributed by atoms with Crippen LogP contribution < -0.4 is 10.6 Å². The number of carbonyl (C=O) groups excluding carboxylic acids is 2. The van der Waals surface area contributed by atoms with Gasteiger partial charge in [-0.3, -0.25) is 4.79 Å². The van der Waals surface area contributed by atoms with Gasteiger partial charge in [0.15, 0.2) is 0 Å². The van der Waals surface area contributed by atoms with Gasteiger partial charge in [0.2, 0.25) is 0 Å². The van der Waals surface area contributed by atoms with Crippen molar-refractivity contribution in [1.29, 1.82) is 0 Å². The molecule has 0 saturated carbocycles. The minimum Gasteiger partial charge on any atom is -0.348 e. The maximum atomic E-state index is 12.6. The predicted molar refractivity (Wildman–Crippen MR) is 107 cm³/mol. The molecule has 8 heteroatoms. The van der Waals surface area contributed by atoms with Crippen LogP contribution in [-0.2, 0) is 12.7 Å². The number of hydrogen-bond donors (Lipinski definition) is 2. The molecule has 0 unspecified atom stereocenters. The van der Waals surface area contributed by atoms with E-state index < -0.39 is 11.7 Å². The van der Waals surface area contributed by atoms with Gasteiger partial charge in [-0.25, -0.2) is 4.79 Å². The van der Waals surface area contributed by atoms with E-state index >= 15 is 0 Å². The van der Waals surface area contributed by atoms with Gasteiger partial charge in [-0.15, -0.1) is 0 Å². The molecule has 30 heavy (non-hydrogen) atoms. The molecule has 1 aliphatic rings. The molecule has 0 bridgehead atoms. The molecule has 0 spiro atoms. The summed E-state index contributed by atoms with van der Waals surface area (Å²) in [5.74, 6) is -0.144. The van der Waals surface area contributed by atoms with Gasteiger partial charge in [-0.2, -0.15) is 13.2 Å². The van der Waals surface area contributed by atoms with Crippen LogP contribution in [0.2, 0.25) is 0 Å². The van der Waals surface area contributed by atoms with Gasteiger partial charge >= 0.3 is 12.2 Å². The van der Waals surface area contributed by atoms with Crippen LogP contribution in [0.5, 0.6) is 0 Å². The minimum absolute atomic E-state index is 0.106. The van der Waals surface area contributed by atoms with E-state index in [9.17, 15) is 22.8 Å². The fourth-order valence-electron chi connectivity index (χ4n) is 3.62. The molecule has 0 aromatic heterocycles. The van der Waals surface area contributed by atoms with Crippen molar-refractivity contribution in [3.05, 3.63) is 70.8 Å². The highest BCUT2D eigenvalue weighted by molar-refractivity contribution is 5.94. The molecular formula is C22H24F3N3O2. The topological polar surface area (TPSA) is 61.4 Å². The molecule has 1 atom stereocenters. The van der Waals surface area contributed by atoms with Crippen LogP contribution in [-0.4, -0.2) is 37.0 Å². The van der Waals surface area contributed by atoms with Crippen molar-refractivity contribution in [3.8, 4) is 0 Å². The number of carbonyl (C=O) groups is 2. The molecule has 2 N–H and O–H groups in total. The molecule has 0 radical (unpaired) electrons. The van der Waals surface area contributed by atoms with Crippen molar-refractivity contribution in [1.82, 2.24) is 15.5 Å². The molecule has 160 valence electrons. The molecule has 1 fully saturated rings. The van der Waals surface area contributed by atoms with Crippen molar-refractivity contribution < 1.29 is 22.8 Å². The Morgan fingerprint density at radius 1 is 1.13 bits per heavy atom. The number of nitrogens with zero attached hydrogens (tertiary/aromatic N) is 1. The Bertz CT molecular complexity index is 897. The molecule has 1 saturated heterocycles. The van der Waals surface area contributed by atoms with Crippen molar-refractivity contribution in [2.24, 2.45) is 0 Å². The Morgan fingerprint density at radius 2 is 1.87 bits per heavy atom. The molecular weight excluding hydrogens is 395 g/mol. The quantitative estimate of drug-likeness (QED) is 0.782. The largest absolute Gasteiger partial charge is 0.416 e. The summed E-state index contributed by atoms with van der Waals surface area (Å²) in [5.41, 5.74) is 1.34. The van der Waals surface area contributed by atoms with Gasteiger partial charge in [0.1, 0.15) is 0 Å². The number of hydrogen-bond acceptors (Lipinski definition) is 2. The molecule has 2 aromatic rings. The number of rotatable bonds is 4. The maximum Gasteiger partial charge on any atom is 0.416 e. The van der Waals surface area contributed by atoms with Crippen LogP contribution in [0.3, 0.4) is 0 Å². The van der Waals surface area contributed by atoms with E-state index in [4.69, 9.17) is 0 Å². The van der Waals surface area contributed by atoms with Crippen LogP contribution in [0.15, 0.2) is 48.5 Å². The molecule has 1 heterocycles. The number of halogens is 3. The Balaban J connectivity index is 1.62. The lowest BCUT2D eigenvalue weighted by Gasteiger charge is -2.32. The van der Waals surface area contributed by atoms with Crippen molar-refractivity contribution in [2.75, 3.05) is 20.1 Å². The molecule has 0 aliphatic carbocycles. The summed E-state index contributed by atoms with van der Waals surface area (Å²) in [6.07, 6.45) is -2.55. The Hall–Kier alpha value is -3.03. The second kappa shape index (κ2) is 9.19. The molecule has 1 aliphatic heterocycles. The summed E-state index contributed by atoms with van der Waals surface area (Å²) in [5, 5.41) is 5.39. The SMILES string of the molecule is CNC(=O)N1CCC[C@@H](c2cccc(C(=O)NCc3ccc(C(F)(F)F)cc3)c2)C1. The summed E-state index contributed by atoms with van der Waals surface area (Å²) in [4.78, 5) is 26.2. The average molecular weight is 419 g/mol. The summed E-state index contributed by atoms with van der Waals surface area (Å²) >= 11 is 0. The van der Waals surface area contributed by atoms with Crippen LogP contribution in [0, 0.1) is 0 Å². The molecule has 5 nitrogen and oxygen atoms in total. The molecule has 3 rings (SSSR count). The van der Waals surface area contributed by atoms with Crippen molar-refractivity contribution in [2.45, 2.75) is 31.5 Å². The minimum atomic E-state index is -4.38. The van der Waals surface area contributed by atoms with Gasteiger partial charge in [-0.1, -0.05) is 24.3 Å². The van der Waals surface area contributed by atoms with Crippen molar-refractivity contribution in [3.63, 3.8) is 0 Å². The number of amides is 3. The highest BCUT2D eigenvalue weighted by atomic mass is 19.4. The third kappa shape index (κ3) is 5.31. The van der Waals surface area contributed by atoms with E-state index in [0.717, 1.165) is 30.5 Å². The fraction of sp³-hybridized carbons (Fsp3) is 0.364. The van der Waals surface area contributed by atoms with Crippen LogP contribution in [0.1, 0.15) is 45.8 Å². The first-order valence-electron chi connectivity index (χ1n) is 9.79. The van der Waals surface area contributed by atoms with E-state index in [0.29, 0.717) is 24.2 Å². The fourth-order valence-corrected chi connectivity index (χ4v) is 3.62. The summed E-state index contributed by atoms with van der Waals surface area (Å²) in [7, 11) is 1.60. The number of likely N-dealkylation sites (tertiary alicyclic amines) is 1. The van der Waals surface area contributed by atoms with Gasteiger partial charge in [-0.05, 0) is 48.2 Å². The first-order chi connectivity index (χ1) is 14.3. The van der Waals surface area contributed by atoms with Gasteiger partial charge < -0.3 is 15.5 Å². The zero-order chi connectivity index (χ0) is 21.7. The van der Waals surface area contributed by atoms with E-state index in [1.54, 1.807) is 24.1 Å². The second-order valence-corrected chi connectivity index (χ2v) is 7.34. The number of nitrogens with one attached hydrogen (secondary N) is 2. The maximum absolute atomic E-state index is 12.6. The van der Waals surface area contributed by atoms with E-state index in [1.165, 1.54) is 12.1 Å². The normalized spacial score (nSPS) is 16.8. The standard InChI is InChI=1S/C22H24F3N3O2/c1-26-21(30)28-11-3-6-18(14-28)16-4-2-5-17(12-16)20(29)27-13-15-7-9-19(10-8-15)22(23,24)25/h2,4-5,7-10,12,18H,3,6,11,13-14H2,1H3,(H,26,30)(H,27,29)/t18-/m1/s1. The van der Waals surface area contributed by atoms with Gasteiger partial charge in [0, 0.05) is 38.2 Å². The molecule has 2 aromatic carbocycles. The lowest BCUT2D eigenvalue weighted by Crippen LogP contribution is -2.43. The first kappa shape index (κ1) is 21.7. The first-order valence-corrected chi connectivity index (χ1v) is 9.79. The van der Waals surface area contributed by atoms with Crippen LogP contribution in [0.4, 0.5) is 18.0 Å². The number of piperidine rings is 1. The van der Waals surface area contributed by atoms with Crippen LogP contribution >= 0.6 is 0 Å². The lowest BCUT2D eigenvalue weighted by molar-refractivity contribution is -0.137. The summed E-state index contributed by atoms with van der Waals surface area (Å²) in [6.45, 7) is 1.44. The lowest BCUT2D eigenvalue weighted by atomic mass is 9.89. The van der Waals surface area contributed by atoms with E-state index in [1.807, 2.05) is 12.1 Å². The Labute approximate surface area is 173 Å². The third-order valence-electron chi connectivity index (χ3n) is 5.28. The molecule has 3 amide bonds. The highest BCUT2D eigenvalue weighted by Crippen LogP contribution is 2.29. The van der Waals surface area contributed by atoms with Gasteiger partial charge in [0.25, 0.3) is 5.91 Å². The van der Waals surface area contributed by atoms with E-state index in [2.05, 4.69) is 10.6 Å². The zero-order valence-electron chi connectivity index (χ0n) is 16.6. The number of alkyl halides is 3. The highest BCUT2D eigenvalue weighted by Gasteiger charge is 2.30. The number of urea groups is 1.